The van der Waals surface area contributed by atoms with Gasteiger partial charge in [-0.3, -0.25) is 14.9 Å². The minimum Gasteiger partial charge on any atom is -0.466 e. The zero-order valence-electron chi connectivity index (χ0n) is 15.8. The largest absolute Gasteiger partial charge is 0.466 e. The van der Waals surface area contributed by atoms with Crippen LogP contribution in [0.2, 0.25) is 0 Å². The Morgan fingerprint density at radius 1 is 1.36 bits per heavy atom. The fourth-order valence-electron chi connectivity index (χ4n) is 3.37. The molecule has 0 bridgehead atoms. The minimum atomic E-state index is -0.475. The van der Waals surface area contributed by atoms with Gasteiger partial charge in [0, 0.05) is 26.1 Å². The number of carbonyl (C=O) groups excluding carboxylic acids is 1. The van der Waals surface area contributed by atoms with Crippen LogP contribution in [0.4, 0.5) is 17.3 Å². The van der Waals surface area contributed by atoms with Crippen LogP contribution in [0.3, 0.4) is 0 Å². The third kappa shape index (κ3) is 4.84. The smallest absolute Gasteiger partial charge is 0.353 e. The van der Waals surface area contributed by atoms with E-state index in [0.29, 0.717) is 58.7 Å². The van der Waals surface area contributed by atoms with E-state index in [-0.39, 0.29) is 35.5 Å². The molecule has 2 saturated heterocycles. The quantitative estimate of drug-likeness (QED) is 0.391. The topological polar surface area (TPSA) is 129 Å². The van der Waals surface area contributed by atoms with E-state index in [1.807, 2.05) is 4.90 Å². The fraction of sp³-hybridized carbons (Fsp3) is 0.706. The monoisotopic (exact) mass is 395 g/mol. The highest BCUT2D eigenvalue weighted by Gasteiger charge is 2.32. The Kier molecular flexibility index (Phi) is 6.93. The summed E-state index contributed by atoms with van der Waals surface area (Å²) in [4.78, 5) is 33.1. The highest BCUT2D eigenvalue weighted by atomic mass is 16.7. The van der Waals surface area contributed by atoms with Crippen LogP contribution < -0.4 is 10.2 Å². The van der Waals surface area contributed by atoms with Gasteiger partial charge in [-0.1, -0.05) is 0 Å². The van der Waals surface area contributed by atoms with Crippen LogP contribution in [0.25, 0.3) is 0 Å². The molecule has 0 amide bonds. The lowest BCUT2D eigenvalue weighted by molar-refractivity contribution is -0.383. The van der Waals surface area contributed by atoms with Crippen molar-refractivity contribution in [2.24, 2.45) is 5.92 Å². The average Bonchev–Trinajstić information content (AvgIpc) is 3.21. The predicted octanol–water partition coefficient (Wildman–Crippen LogP) is 1.34. The van der Waals surface area contributed by atoms with Gasteiger partial charge in [0.25, 0.3) is 0 Å². The normalized spacial score (nSPS) is 18.2. The van der Waals surface area contributed by atoms with E-state index in [4.69, 9.17) is 14.2 Å². The fourth-order valence-corrected chi connectivity index (χ4v) is 3.37. The number of ether oxygens (including phenoxy) is 3. The summed E-state index contributed by atoms with van der Waals surface area (Å²) in [6, 6.07) is 0. The van der Waals surface area contributed by atoms with Crippen LogP contribution in [0.5, 0.6) is 0 Å². The van der Waals surface area contributed by atoms with Crippen LogP contribution in [0.15, 0.2) is 6.33 Å². The Hall–Kier alpha value is -2.53. The number of hydrogen-bond donors (Lipinski definition) is 1. The van der Waals surface area contributed by atoms with E-state index in [1.54, 1.807) is 6.92 Å². The molecule has 11 heteroatoms. The molecule has 0 spiro atoms. The van der Waals surface area contributed by atoms with Crippen molar-refractivity contribution >= 4 is 23.3 Å². The molecule has 0 atom stereocenters. The maximum atomic E-state index is 11.9. The number of anilines is 2. The van der Waals surface area contributed by atoms with E-state index >= 15 is 0 Å². The summed E-state index contributed by atoms with van der Waals surface area (Å²) in [6.07, 6.45) is 2.71. The van der Waals surface area contributed by atoms with Gasteiger partial charge in [0.2, 0.25) is 11.6 Å². The Balaban J connectivity index is 1.65. The molecule has 2 fully saturated rings. The van der Waals surface area contributed by atoms with Gasteiger partial charge in [-0.2, -0.15) is 0 Å². The number of piperidine rings is 1. The molecule has 3 rings (SSSR count). The molecule has 11 nitrogen and oxygen atoms in total. The molecular weight excluding hydrogens is 370 g/mol. The van der Waals surface area contributed by atoms with Crippen molar-refractivity contribution in [3.8, 4) is 0 Å². The molecule has 1 aromatic rings. The van der Waals surface area contributed by atoms with Gasteiger partial charge in [0.05, 0.1) is 30.7 Å². The third-order valence-electron chi connectivity index (χ3n) is 4.76. The lowest BCUT2D eigenvalue weighted by Gasteiger charge is -2.31. The van der Waals surface area contributed by atoms with E-state index < -0.39 is 4.92 Å². The van der Waals surface area contributed by atoms with Crippen molar-refractivity contribution < 1.29 is 23.9 Å². The summed E-state index contributed by atoms with van der Waals surface area (Å²) in [5, 5.41) is 14.7. The number of nitrogens with one attached hydrogen (secondary N) is 1. The summed E-state index contributed by atoms with van der Waals surface area (Å²) in [5.41, 5.74) is -0.162. The molecule has 3 heterocycles. The first-order valence-electron chi connectivity index (χ1n) is 9.48. The lowest BCUT2D eigenvalue weighted by Crippen LogP contribution is -2.37. The zero-order chi connectivity index (χ0) is 19.9. The molecule has 1 N–H and O–H groups in total. The Bertz CT molecular complexity index is 689. The summed E-state index contributed by atoms with van der Waals surface area (Å²) >= 11 is 0. The number of nitrogens with zero attached hydrogens (tertiary/aromatic N) is 4. The standard InChI is InChI=1S/C17H25N5O6/c1-2-26-17(23)12-4-7-21(8-5-12)16-14(22(24)25)15(19-11-20-16)18-6-3-13-27-9-10-28-13/h11-13H,2-10H2,1H3,(H,18,19,20). The number of carbonyl (C=O) groups is 1. The molecule has 0 aliphatic carbocycles. The maximum absolute atomic E-state index is 11.9. The molecule has 0 aromatic carbocycles. The van der Waals surface area contributed by atoms with Crippen LogP contribution in [-0.2, 0) is 19.0 Å². The highest BCUT2D eigenvalue weighted by Crippen LogP contribution is 2.34. The molecule has 0 radical (unpaired) electrons. The molecule has 154 valence electrons. The van der Waals surface area contributed by atoms with Gasteiger partial charge in [0.15, 0.2) is 6.29 Å². The summed E-state index contributed by atoms with van der Waals surface area (Å²) < 4.78 is 15.8. The van der Waals surface area contributed by atoms with Crippen LogP contribution in [-0.4, -0.2) is 66.6 Å². The molecule has 2 aliphatic rings. The van der Waals surface area contributed by atoms with E-state index in [0.717, 1.165) is 0 Å². The van der Waals surface area contributed by atoms with Gasteiger partial charge in [-0.25, -0.2) is 9.97 Å². The SMILES string of the molecule is CCOC(=O)C1CCN(c2ncnc(NCCC3OCCO3)c2[N+](=O)[O-])CC1. The van der Waals surface area contributed by atoms with Gasteiger partial charge in [-0.05, 0) is 19.8 Å². The van der Waals surface area contributed by atoms with Crippen LogP contribution >= 0.6 is 0 Å². The first-order chi connectivity index (χ1) is 13.6. The maximum Gasteiger partial charge on any atom is 0.353 e. The second-order valence-corrected chi connectivity index (χ2v) is 6.55. The number of nitro groups is 1. The van der Waals surface area contributed by atoms with Gasteiger partial charge < -0.3 is 24.4 Å². The van der Waals surface area contributed by atoms with Gasteiger partial charge in [0.1, 0.15) is 6.33 Å². The molecule has 2 aliphatic heterocycles. The van der Waals surface area contributed by atoms with Crippen LogP contribution in [0.1, 0.15) is 26.2 Å². The second-order valence-electron chi connectivity index (χ2n) is 6.55. The molecule has 1 aromatic heterocycles. The highest BCUT2D eigenvalue weighted by molar-refractivity contribution is 5.74. The first kappa shape index (κ1) is 20.2. The van der Waals surface area contributed by atoms with Crippen molar-refractivity contribution in [2.45, 2.75) is 32.5 Å². The zero-order valence-corrected chi connectivity index (χ0v) is 15.8. The first-order valence-corrected chi connectivity index (χ1v) is 9.48. The Morgan fingerprint density at radius 3 is 2.71 bits per heavy atom. The minimum absolute atomic E-state index is 0.162. The van der Waals surface area contributed by atoms with Crippen molar-refractivity contribution in [3.63, 3.8) is 0 Å². The van der Waals surface area contributed by atoms with Crippen molar-refractivity contribution in [1.82, 2.24) is 9.97 Å². The van der Waals surface area contributed by atoms with E-state index in [9.17, 15) is 14.9 Å². The van der Waals surface area contributed by atoms with Crippen molar-refractivity contribution in [2.75, 3.05) is 49.7 Å². The number of hydrogen-bond acceptors (Lipinski definition) is 10. The number of rotatable bonds is 8. The average molecular weight is 395 g/mol. The molecule has 0 saturated carbocycles. The van der Waals surface area contributed by atoms with Crippen molar-refractivity contribution in [3.05, 3.63) is 16.4 Å². The molecule has 28 heavy (non-hydrogen) atoms. The van der Waals surface area contributed by atoms with Crippen molar-refractivity contribution in [1.29, 1.82) is 0 Å². The summed E-state index contributed by atoms with van der Waals surface area (Å²) in [7, 11) is 0. The molecule has 0 unspecified atom stereocenters. The Labute approximate surface area is 162 Å². The molecular formula is C17H25N5O6. The summed E-state index contributed by atoms with van der Waals surface area (Å²) in [5.74, 6) is 0.0397. The Morgan fingerprint density at radius 2 is 2.07 bits per heavy atom. The van der Waals surface area contributed by atoms with Gasteiger partial charge >= 0.3 is 11.7 Å². The van der Waals surface area contributed by atoms with E-state index in [1.165, 1.54) is 6.33 Å². The third-order valence-corrected chi connectivity index (χ3v) is 4.76. The van der Waals surface area contributed by atoms with Gasteiger partial charge in [-0.15, -0.1) is 0 Å². The second kappa shape index (κ2) is 9.60. The number of aromatic nitrogens is 2. The summed E-state index contributed by atoms with van der Waals surface area (Å²) in [6.45, 7) is 4.65. The predicted molar refractivity (Wildman–Crippen MR) is 99.1 cm³/mol. The van der Waals surface area contributed by atoms with Crippen LogP contribution in [0, 0.1) is 16.0 Å². The number of esters is 1. The van der Waals surface area contributed by atoms with E-state index in [2.05, 4.69) is 15.3 Å². The lowest BCUT2D eigenvalue weighted by atomic mass is 9.97.